The number of carbonyl (C=O) groups is 1. The van der Waals surface area contributed by atoms with Crippen molar-refractivity contribution in [1.29, 1.82) is 0 Å². The smallest absolute Gasteiger partial charge is 0.377 e. The topological polar surface area (TPSA) is 38.3 Å². The molecule has 1 aliphatic heterocycles. The van der Waals surface area contributed by atoms with Crippen LogP contribution in [0.1, 0.15) is 45.4 Å². The molecule has 1 N–H and O–H groups in total. The first-order chi connectivity index (χ1) is 8.49. The monoisotopic (exact) mass is 261 g/mol. The molecule has 0 radical (unpaired) electrons. The van der Waals surface area contributed by atoms with Gasteiger partial charge in [0.1, 0.15) is 6.10 Å². The molecule has 0 aromatic carbocycles. The molecule has 0 spiro atoms. The van der Waals surface area contributed by atoms with Crippen LogP contribution in [-0.2, 0) is 9.53 Å². The quantitative estimate of drug-likeness (QED) is 0.790. The lowest BCUT2D eigenvalue weighted by Gasteiger charge is -2.29. The zero-order valence-electron chi connectivity index (χ0n) is 10.8. The van der Waals surface area contributed by atoms with E-state index in [1.165, 1.54) is 32.1 Å². The minimum absolute atomic E-state index is 0.304. The standard InChI is InChI=1S/C13H21F2NO2/c1-9(10-5-3-2-4-6-10)16-8-11-7-13(14,15)12(17)18-11/h9-11,16H,2-8H2,1H3/t9-,11?/m1/s1. The van der Waals surface area contributed by atoms with Crippen LogP contribution in [0.2, 0.25) is 0 Å². The maximum absolute atomic E-state index is 13.0. The molecule has 18 heavy (non-hydrogen) atoms. The minimum atomic E-state index is -3.29. The van der Waals surface area contributed by atoms with Gasteiger partial charge in [-0.3, -0.25) is 0 Å². The van der Waals surface area contributed by atoms with Crippen molar-refractivity contribution < 1.29 is 18.3 Å². The number of hydrogen-bond acceptors (Lipinski definition) is 3. The predicted octanol–water partition coefficient (Wildman–Crippen LogP) is 2.50. The number of esters is 1. The van der Waals surface area contributed by atoms with Gasteiger partial charge in [-0.2, -0.15) is 8.78 Å². The van der Waals surface area contributed by atoms with Gasteiger partial charge in [-0.15, -0.1) is 0 Å². The molecule has 1 aliphatic carbocycles. The van der Waals surface area contributed by atoms with E-state index in [4.69, 9.17) is 0 Å². The average molecular weight is 261 g/mol. The van der Waals surface area contributed by atoms with Gasteiger partial charge in [0.25, 0.3) is 0 Å². The molecule has 1 saturated carbocycles. The SMILES string of the molecule is C[C@@H](NCC1CC(F)(F)C(=O)O1)C1CCCCC1. The molecule has 0 aromatic rings. The van der Waals surface area contributed by atoms with Crippen molar-refractivity contribution >= 4 is 5.97 Å². The average Bonchev–Trinajstić information content (AvgIpc) is 2.61. The van der Waals surface area contributed by atoms with E-state index in [2.05, 4.69) is 17.0 Å². The van der Waals surface area contributed by atoms with Crippen LogP contribution in [0.4, 0.5) is 8.78 Å². The Balaban J connectivity index is 1.73. The molecule has 1 unspecified atom stereocenters. The molecule has 2 fully saturated rings. The Morgan fingerprint density at radius 2 is 2.06 bits per heavy atom. The van der Waals surface area contributed by atoms with E-state index >= 15 is 0 Å². The number of ether oxygens (including phenoxy) is 1. The molecule has 3 nitrogen and oxygen atoms in total. The van der Waals surface area contributed by atoms with Crippen molar-refractivity contribution in [3.8, 4) is 0 Å². The molecule has 0 amide bonds. The lowest BCUT2D eigenvalue weighted by molar-refractivity contribution is -0.159. The van der Waals surface area contributed by atoms with Crippen LogP contribution in [0, 0.1) is 5.92 Å². The third-order valence-electron chi connectivity index (χ3n) is 4.08. The van der Waals surface area contributed by atoms with Crippen LogP contribution in [-0.4, -0.2) is 30.6 Å². The van der Waals surface area contributed by atoms with Crippen LogP contribution in [0.5, 0.6) is 0 Å². The Morgan fingerprint density at radius 3 is 2.61 bits per heavy atom. The van der Waals surface area contributed by atoms with Gasteiger partial charge >= 0.3 is 11.9 Å². The fourth-order valence-corrected chi connectivity index (χ4v) is 2.88. The predicted molar refractivity (Wildman–Crippen MR) is 63.5 cm³/mol. The summed E-state index contributed by atoms with van der Waals surface area (Å²) >= 11 is 0. The summed E-state index contributed by atoms with van der Waals surface area (Å²) in [4.78, 5) is 10.9. The molecular formula is C13H21F2NO2. The Kier molecular flexibility index (Phi) is 4.20. The summed E-state index contributed by atoms with van der Waals surface area (Å²) in [5, 5.41) is 3.24. The van der Waals surface area contributed by atoms with Gasteiger partial charge in [-0.25, -0.2) is 4.79 Å². The molecular weight excluding hydrogens is 240 g/mol. The fraction of sp³-hybridized carbons (Fsp3) is 0.923. The Labute approximate surface area is 106 Å². The Morgan fingerprint density at radius 1 is 1.39 bits per heavy atom. The number of halogens is 2. The van der Waals surface area contributed by atoms with Gasteiger partial charge in [-0.1, -0.05) is 19.3 Å². The molecule has 0 bridgehead atoms. The van der Waals surface area contributed by atoms with Crippen LogP contribution < -0.4 is 5.32 Å². The minimum Gasteiger partial charge on any atom is -0.456 e. The summed E-state index contributed by atoms with van der Waals surface area (Å²) in [5.74, 6) is -4.04. The third kappa shape index (κ3) is 3.19. The lowest BCUT2D eigenvalue weighted by Crippen LogP contribution is -2.39. The van der Waals surface area contributed by atoms with E-state index in [1.807, 2.05) is 0 Å². The highest BCUT2D eigenvalue weighted by Crippen LogP contribution is 2.31. The van der Waals surface area contributed by atoms with Crippen LogP contribution >= 0.6 is 0 Å². The Bertz CT molecular complexity index is 303. The highest BCUT2D eigenvalue weighted by molar-refractivity contribution is 5.79. The highest BCUT2D eigenvalue weighted by Gasteiger charge is 2.50. The molecule has 2 atom stereocenters. The highest BCUT2D eigenvalue weighted by atomic mass is 19.3. The van der Waals surface area contributed by atoms with Crippen molar-refractivity contribution in [2.75, 3.05) is 6.54 Å². The first-order valence-corrected chi connectivity index (χ1v) is 6.81. The first-order valence-electron chi connectivity index (χ1n) is 6.81. The largest absolute Gasteiger partial charge is 0.456 e. The number of alkyl halides is 2. The second-order valence-electron chi connectivity index (χ2n) is 5.53. The van der Waals surface area contributed by atoms with E-state index in [1.54, 1.807) is 0 Å². The second-order valence-corrected chi connectivity index (χ2v) is 5.53. The van der Waals surface area contributed by atoms with Crippen molar-refractivity contribution in [3.63, 3.8) is 0 Å². The molecule has 104 valence electrons. The third-order valence-corrected chi connectivity index (χ3v) is 4.08. The van der Waals surface area contributed by atoms with E-state index in [9.17, 15) is 13.6 Å². The first kappa shape index (κ1) is 13.7. The van der Waals surface area contributed by atoms with Crippen LogP contribution in [0.25, 0.3) is 0 Å². The van der Waals surface area contributed by atoms with Crippen molar-refractivity contribution in [3.05, 3.63) is 0 Å². The van der Waals surface area contributed by atoms with E-state index in [-0.39, 0.29) is 0 Å². The normalized spacial score (nSPS) is 30.2. The van der Waals surface area contributed by atoms with E-state index < -0.39 is 24.4 Å². The van der Waals surface area contributed by atoms with Gasteiger partial charge in [-0.05, 0) is 25.7 Å². The zero-order valence-corrected chi connectivity index (χ0v) is 10.8. The lowest BCUT2D eigenvalue weighted by atomic mass is 9.84. The molecule has 5 heteroatoms. The van der Waals surface area contributed by atoms with Gasteiger partial charge in [0, 0.05) is 12.6 Å². The number of rotatable bonds is 4. The summed E-state index contributed by atoms with van der Waals surface area (Å²) in [5.41, 5.74) is 0. The number of cyclic esters (lactones) is 1. The molecule has 0 aromatic heterocycles. The van der Waals surface area contributed by atoms with Crippen molar-refractivity contribution in [1.82, 2.24) is 5.32 Å². The number of carbonyl (C=O) groups excluding carboxylic acids is 1. The molecule has 2 aliphatic rings. The van der Waals surface area contributed by atoms with Gasteiger partial charge in [0.15, 0.2) is 0 Å². The van der Waals surface area contributed by atoms with Crippen molar-refractivity contribution in [2.45, 2.75) is 63.5 Å². The van der Waals surface area contributed by atoms with Crippen molar-refractivity contribution in [2.24, 2.45) is 5.92 Å². The van der Waals surface area contributed by atoms with Gasteiger partial charge in [0.2, 0.25) is 0 Å². The van der Waals surface area contributed by atoms with E-state index in [0.717, 1.165) is 0 Å². The van der Waals surface area contributed by atoms with Crippen LogP contribution in [0.15, 0.2) is 0 Å². The summed E-state index contributed by atoms with van der Waals surface area (Å²) in [6.07, 6.45) is 5.05. The summed E-state index contributed by atoms with van der Waals surface area (Å²) in [6.45, 7) is 2.42. The van der Waals surface area contributed by atoms with E-state index in [0.29, 0.717) is 18.5 Å². The summed E-state index contributed by atoms with van der Waals surface area (Å²) < 4.78 is 30.6. The summed E-state index contributed by atoms with van der Waals surface area (Å²) in [7, 11) is 0. The van der Waals surface area contributed by atoms with Crippen LogP contribution in [0.3, 0.4) is 0 Å². The molecule has 1 saturated heterocycles. The fourth-order valence-electron chi connectivity index (χ4n) is 2.88. The number of hydrogen-bond donors (Lipinski definition) is 1. The maximum Gasteiger partial charge on any atom is 0.377 e. The maximum atomic E-state index is 13.0. The Hall–Kier alpha value is -0.710. The van der Waals surface area contributed by atoms with Gasteiger partial charge < -0.3 is 10.1 Å². The zero-order chi connectivity index (χ0) is 13.2. The molecule has 2 rings (SSSR count). The second kappa shape index (κ2) is 5.51. The van der Waals surface area contributed by atoms with Gasteiger partial charge in [0.05, 0.1) is 6.42 Å². The summed E-state index contributed by atoms with van der Waals surface area (Å²) in [6, 6.07) is 0.304. The molecule has 1 heterocycles. The number of nitrogens with one attached hydrogen (secondary N) is 1.